The zero-order valence-electron chi connectivity index (χ0n) is 17.2. The lowest BCUT2D eigenvalue weighted by molar-refractivity contribution is -0.282. The van der Waals surface area contributed by atoms with Crippen molar-refractivity contribution in [3.8, 4) is 0 Å². The van der Waals surface area contributed by atoms with Crippen LogP contribution in [-0.4, -0.2) is 23.7 Å². The van der Waals surface area contributed by atoms with Gasteiger partial charge in [0.25, 0.3) is 5.92 Å². The molecule has 4 aliphatic rings. The number of halogens is 5. The summed E-state index contributed by atoms with van der Waals surface area (Å²) in [6.45, 7) is 3.46. The van der Waals surface area contributed by atoms with Crippen LogP contribution < -0.4 is 0 Å². The van der Waals surface area contributed by atoms with Gasteiger partial charge in [0.05, 0.1) is 5.56 Å². The molecule has 0 saturated heterocycles. The first kappa shape index (κ1) is 21.6. The van der Waals surface area contributed by atoms with Crippen LogP contribution in [0.15, 0.2) is 12.1 Å². The molecule has 7 heteroatoms. The molecule has 0 amide bonds. The van der Waals surface area contributed by atoms with Crippen molar-refractivity contribution in [3.05, 3.63) is 34.9 Å². The first-order valence-corrected chi connectivity index (χ1v) is 10.7. The van der Waals surface area contributed by atoms with E-state index in [2.05, 4.69) is 6.92 Å². The molecule has 0 heterocycles. The first-order valence-electron chi connectivity index (χ1n) is 10.7. The third-order valence-electron chi connectivity index (χ3n) is 7.87. The second-order valence-corrected chi connectivity index (χ2v) is 9.79. The molecule has 1 atom stereocenters. The van der Waals surface area contributed by atoms with Crippen molar-refractivity contribution in [2.45, 2.75) is 88.8 Å². The average Bonchev–Trinajstić information content (AvgIpc) is 2.71. The monoisotopic (exact) mass is 430 g/mol. The van der Waals surface area contributed by atoms with Crippen molar-refractivity contribution in [2.24, 2.45) is 11.3 Å². The van der Waals surface area contributed by atoms with Gasteiger partial charge in [0, 0.05) is 5.41 Å². The minimum Gasteiger partial charge on any atom is -0.452 e. The lowest BCUT2D eigenvalue weighted by Gasteiger charge is -2.56. The number of rotatable bonds is 3. The van der Waals surface area contributed by atoms with Gasteiger partial charge in [-0.1, -0.05) is 32.8 Å². The summed E-state index contributed by atoms with van der Waals surface area (Å²) in [4.78, 5) is 12.6. The molecule has 5 rings (SSSR count). The van der Waals surface area contributed by atoms with E-state index < -0.39 is 46.3 Å². The highest BCUT2D eigenvalue weighted by Gasteiger charge is 2.71. The fourth-order valence-corrected chi connectivity index (χ4v) is 5.45. The van der Waals surface area contributed by atoms with Gasteiger partial charge in [0.15, 0.2) is 11.6 Å². The van der Waals surface area contributed by atoms with E-state index in [-0.39, 0.29) is 37.2 Å². The SMILES string of the molecule is CC1CCC(c2ccc(C(=O)OC34CCC(C)(CC3)C(F)(F)C4F)c(F)c2F)CC1. The molecule has 30 heavy (non-hydrogen) atoms. The molecular formula is C23H27F5O2. The van der Waals surface area contributed by atoms with E-state index in [0.29, 0.717) is 5.92 Å². The minimum absolute atomic E-state index is 0.00356. The van der Waals surface area contributed by atoms with Crippen LogP contribution in [0.4, 0.5) is 22.0 Å². The molecule has 1 aromatic carbocycles. The lowest BCUT2D eigenvalue weighted by Crippen LogP contribution is -2.67. The Kier molecular flexibility index (Phi) is 5.17. The van der Waals surface area contributed by atoms with Gasteiger partial charge in [-0.05, 0) is 62.0 Å². The summed E-state index contributed by atoms with van der Waals surface area (Å²) in [6, 6.07) is 2.50. The molecule has 0 N–H and O–H groups in total. The number of alkyl halides is 3. The van der Waals surface area contributed by atoms with Gasteiger partial charge in [0.1, 0.15) is 5.60 Å². The molecule has 0 radical (unpaired) electrons. The van der Waals surface area contributed by atoms with Crippen LogP contribution in [0.25, 0.3) is 0 Å². The van der Waals surface area contributed by atoms with Crippen LogP contribution >= 0.6 is 0 Å². The van der Waals surface area contributed by atoms with Crippen LogP contribution in [0, 0.1) is 23.0 Å². The average molecular weight is 430 g/mol. The van der Waals surface area contributed by atoms with Crippen LogP contribution in [0.2, 0.25) is 0 Å². The number of hydrogen-bond donors (Lipinski definition) is 0. The van der Waals surface area contributed by atoms with Crippen LogP contribution in [-0.2, 0) is 4.74 Å². The summed E-state index contributed by atoms with van der Waals surface area (Å²) in [5, 5.41) is 0. The Labute approximate surface area is 173 Å². The topological polar surface area (TPSA) is 26.3 Å². The number of carbonyl (C=O) groups excluding carboxylic acids is 1. The summed E-state index contributed by atoms with van der Waals surface area (Å²) in [5.41, 5.74) is -3.93. The van der Waals surface area contributed by atoms with E-state index >= 15 is 0 Å². The summed E-state index contributed by atoms with van der Waals surface area (Å²) in [7, 11) is 0. The van der Waals surface area contributed by atoms with Crippen molar-refractivity contribution in [1.82, 2.24) is 0 Å². The summed E-state index contributed by atoms with van der Waals surface area (Å²) < 4.78 is 78.4. The molecule has 2 nitrogen and oxygen atoms in total. The lowest BCUT2D eigenvalue weighted by atomic mass is 9.56. The number of hydrogen-bond acceptors (Lipinski definition) is 2. The van der Waals surface area contributed by atoms with Crippen LogP contribution in [0.1, 0.15) is 87.1 Å². The number of ether oxygens (including phenoxy) is 1. The zero-order valence-corrected chi connectivity index (χ0v) is 17.2. The van der Waals surface area contributed by atoms with Gasteiger partial charge in [-0.15, -0.1) is 0 Å². The summed E-state index contributed by atoms with van der Waals surface area (Å²) in [5.74, 6) is -6.98. The quantitative estimate of drug-likeness (QED) is 0.393. The molecule has 4 saturated carbocycles. The highest BCUT2D eigenvalue weighted by Crippen LogP contribution is 2.62. The predicted molar refractivity (Wildman–Crippen MR) is 101 cm³/mol. The van der Waals surface area contributed by atoms with Gasteiger partial charge in [0.2, 0.25) is 6.17 Å². The Morgan fingerprint density at radius 3 is 2.20 bits per heavy atom. The van der Waals surface area contributed by atoms with Gasteiger partial charge in [-0.25, -0.2) is 26.7 Å². The first-order chi connectivity index (χ1) is 14.0. The number of esters is 1. The normalized spacial score (nSPS) is 37.8. The fraction of sp³-hybridized carbons (Fsp3) is 0.696. The Hall–Kier alpha value is -1.66. The van der Waals surface area contributed by atoms with Gasteiger partial charge in [-0.2, -0.15) is 0 Å². The van der Waals surface area contributed by atoms with Crippen LogP contribution in [0.5, 0.6) is 0 Å². The predicted octanol–water partition coefficient (Wildman–Crippen LogP) is 6.72. The molecular weight excluding hydrogens is 403 g/mol. The minimum atomic E-state index is -3.64. The maximum atomic E-state index is 14.8. The zero-order chi connectivity index (χ0) is 21.9. The largest absolute Gasteiger partial charge is 0.452 e. The molecule has 4 aliphatic carbocycles. The van der Waals surface area contributed by atoms with E-state index in [9.17, 15) is 26.7 Å². The molecule has 1 aromatic rings. The Morgan fingerprint density at radius 1 is 1.00 bits per heavy atom. The third kappa shape index (κ3) is 3.14. The van der Waals surface area contributed by atoms with Crippen molar-refractivity contribution < 1.29 is 31.5 Å². The number of benzene rings is 1. The second-order valence-electron chi connectivity index (χ2n) is 9.79. The van der Waals surface area contributed by atoms with E-state index in [1.807, 2.05) is 0 Å². The highest BCUT2D eigenvalue weighted by atomic mass is 19.3. The highest BCUT2D eigenvalue weighted by molar-refractivity contribution is 5.90. The molecule has 0 aromatic heterocycles. The van der Waals surface area contributed by atoms with E-state index in [4.69, 9.17) is 4.74 Å². The summed E-state index contributed by atoms with van der Waals surface area (Å²) in [6.07, 6.45) is 0.532. The Balaban J connectivity index is 1.56. The third-order valence-corrected chi connectivity index (χ3v) is 7.87. The van der Waals surface area contributed by atoms with E-state index in [1.165, 1.54) is 13.0 Å². The van der Waals surface area contributed by atoms with E-state index in [1.54, 1.807) is 0 Å². The molecule has 0 aliphatic heterocycles. The maximum absolute atomic E-state index is 14.8. The fourth-order valence-electron chi connectivity index (χ4n) is 5.45. The number of carbonyl (C=O) groups is 1. The molecule has 166 valence electrons. The smallest absolute Gasteiger partial charge is 0.341 e. The number of fused-ring (bicyclic) bond motifs is 3. The van der Waals surface area contributed by atoms with Crippen molar-refractivity contribution in [3.63, 3.8) is 0 Å². The maximum Gasteiger partial charge on any atom is 0.341 e. The molecule has 1 unspecified atom stereocenters. The van der Waals surface area contributed by atoms with Crippen molar-refractivity contribution in [1.29, 1.82) is 0 Å². The Bertz CT molecular complexity index is 836. The van der Waals surface area contributed by atoms with Crippen molar-refractivity contribution >= 4 is 5.97 Å². The van der Waals surface area contributed by atoms with Gasteiger partial charge in [-0.3, -0.25) is 0 Å². The standard InChI is InChI=1S/C23H27F5O2/c1-13-3-5-14(6-4-13)15-7-8-16(18(25)17(15)24)19(29)30-22-11-9-21(2,10-12-22)23(27,28)20(22)26/h7-8,13-14,20H,3-6,9-12H2,1-2H3. The van der Waals surface area contributed by atoms with Crippen molar-refractivity contribution in [2.75, 3.05) is 0 Å². The second kappa shape index (κ2) is 7.20. The Morgan fingerprint density at radius 2 is 1.60 bits per heavy atom. The molecule has 2 bridgehead atoms. The van der Waals surface area contributed by atoms with Gasteiger partial charge >= 0.3 is 5.97 Å². The molecule has 4 fully saturated rings. The van der Waals surface area contributed by atoms with E-state index in [0.717, 1.165) is 31.7 Å². The molecule has 0 spiro atoms. The summed E-state index contributed by atoms with van der Waals surface area (Å²) >= 11 is 0. The van der Waals surface area contributed by atoms with Gasteiger partial charge < -0.3 is 4.74 Å². The van der Waals surface area contributed by atoms with Crippen LogP contribution in [0.3, 0.4) is 0 Å².